The summed E-state index contributed by atoms with van der Waals surface area (Å²) in [5.74, 6) is 0. The standard InChI is InChI=1S/C17H24O3/c1-4-8-13(2)17(3)12-20-16(18)15(17)19-11-14-9-6-5-7-10-14/h5-10,15-16,18H,4,11-12H2,1-3H3/b13-8+/t15-,16?,17-/m0/s1. The Labute approximate surface area is 121 Å². The van der Waals surface area contributed by atoms with Gasteiger partial charge in [0.1, 0.15) is 6.10 Å². The summed E-state index contributed by atoms with van der Waals surface area (Å²) >= 11 is 0. The number of benzene rings is 1. The molecule has 1 N–H and O–H groups in total. The fourth-order valence-electron chi connectivity index (χ4n) is 2.65. The fourth-order valence-corrected chi connectivity index (χ4v) is 2.65. The molecule has 2 rings (SSSR count). The summed E-state index contributed by atoms with van der Waals surface area (Å²) in [7, 11) is 0. The van der Waals surface area contributed by atoms with Gasteiger partial charge in [0.2, 0.25) is 0 Å². The minimum Gasteiger partial charge on any atom is -0.367 e. The minimum atomic E-state index is -0.857. The molecule has 3 atom stereocenters. The molecule has 3 heteroatoms. The van der Waals surface area contributed by atoms with Crippen molar-refractivity contribution in [1.29, 1.82) is 0 Å². The number of hydrogen-bond donors (Lipinski definition) is 1. The molecule has 0 spiro atoms. The maximum Gasteiger partial charge on any atom is 0.182 e. The van der Waals surface area contributed by atoms with E-state index in [1.165, 1.54) is 5.57 Å². The monoisotopic (exact) mass is 276 g/mol. The minimum absolute atomic E-state index is 0.260. The first-order chi connectivity index (χ1) is 9.58. The van der Waals surface area contributed by atoms with E-state index in [2.05, 4.69) is 26.8 Å². The van der Waals surface area contributed by atoms with Gasteiger partial charge in [-0.05, 0) is 18.9 Å². The molecule has 0 radical (unpaired) electrons. The summed E-state index contributed by atoms with van der Waals surface area (Å²) < 4.78 is 11.4. The van der Waals surface area contributed by atoms with Crippen LogP contribution in [0, 0.1) is 5.41 Å². The Morgan fingerprint density at radius 2 is 2.15 bits per heavy atom. The van der Waals surface area contributed by atoms with Gasteiger partial charge in [0, 0.05) is 5.41 Å². The molecule has 20 heavy (non-hydrogen) atoms. The topological polar surface area (TPSA) is 38.7 Å². The highest BCUT2D eigenvalue weighted by molar-refractivity contribution is 5.17. The van der Waals surface area contributed by atoms with Gasteiger partial charge in [0.25, 0.3) is 0 Å². The molecule has 1 unspecified atom stereocenters. The van der Waals surface area contributed by atoms with Crippen molar-refractivity contribution in [3.8, 4) is 0 Å². The second-order valence-corrected chi connectivity index (χ2v) is 5.63. The molecule has 1 aromatic carbocycles. The second kappa shape index (κ2) is 6.53. The Morgan fingerprint density at radius 1 is 1.45 bits per heavy atom. The molecule has 1 heterocycles. The largest absolute Gasteiger partial charge is 0.367 e. The van der Waals surface area contributed by atoms with Crippen molar-refractivity contribution in [1.82, 2.24) is 0 Å². The highest BCUT2D eigenvalue weighted by Crippen LogP contribution is 2.41. The third kappa shape index (κ3) is 3.11. The van der Waals surface area contributed by atoms with Gasteiger partial charge >= 0.3 is 0 Å². The number of allylic oxidation sites excluding steroid dienone is 1. The maximum atomic E-state index is 10.0. The van der Waals surface area contributed by atoms with E-state index in [0.29, 0.717) is 13.2 Å². The molecular weight excluding hydrogens is 252 g/mol. The van der Waals surface area contributed by atoms with Gasteiger partial charge in [-0.15, -0.1) is 0 Å². The molecule has 1 aliphatic rings. The molecule has 0 aliphatic carbocycles. The van der Waals surface area contributed by atoms with Crippen LogP contribution in [0.1, 0.15) is 32.8 Å². The van der Waals surface area contributed by atoms with Crippen molar-refractivity contribution in [2.24, 2.45) is 5.41 Å². The SMILES string of the molecule is CC/C=C(\C)[C@]1(C)COC(O)[C@@H]1OCc1ccccc1. The number of rotatable bonds is 5. The van der Waals surface area contributed by atoms with E-state index in [9.17, 15) is 5.11 Å². The van der Waals surface area contributed by atoms with Crippen LogP contribution in [0.15, 0.2) is 42.0 Å². The normalized spacial score (nSPS) is 30.7. The lowest BCUT2D eigenvalue weighted by atomic mass is 9.79. The van der Waals surface area contributed by atoms with Crippen molar-refractivity contribution in [3.05, 3.63) is 47.5 Å². The van der Waals surface area contributed by atoms with Crippen molar-refractivity contribution >= 4 is 0 Å². The van der Waals surface area contributed by atoms with Crippen LogP contribution in [0.4, 0.5) is 0 Å². The van der Waals surface area contributed by atoms with Crippen molar-refractivity contribution in [2.75, 3.05) is 6.61 Å². The molecule has 0 bridgehead atoms. The molecule has 0 amide bonds. The molecule has 0 saturated carbocycles. The highest BCUT2D eigenvalue weighted by atomic mass is 16.6. The van der Waals surface area contributed by atoms with E-state index in [4.69, 9.17) is 9.47 Å². The van der Waals surface area contributed by atoms with Crippen LogP contribution < -0.4 is 0 Å². The van der Waals surface area contributed by atoms with E-state index in [1.807, 2.05) is 30.3 Å². The lowest BCUT2D eigenvalue weighted by Gasteiger charge is -2.31. The van der Waals surface area contributed by atoms with Gasteiger partial charge in [-0.1, -0.05) is 55.8 Å². The van der Waals surface area contributed by atoms with Gasteiger partial charge in [-0.2, -0.15) is 0 Å². The average molecular weight is 276 g/mol. The molecule has 3 nitrogen and oxygen atoms in total. The first-order valence-corrected chi connectivity index (χ1v) is 7.20. The highest BCUT2D eigenvalue weighted by Gasteiger charge is 2.47. The number of aliphatic hydroxyl groups excluding tert-OH is 1. The second-order valence-electron chi connectivity index (χ2n) is 5.63. The number of hydrogen-bond acceptors (Lipinski definition) is 3. The summed E-state index contributed by atoms with van der Waals surface area (Å²) in [6.07, 6.45) is 1.97. The van der Waals surface area contributed by atoms with Gasteiger partial charge in [-0.3, -0.25) is 0 Å². The zero-order valence-corrected chi connectivity index (χ0v) is 12.5. The quantitative estimate of drug-likeness (QED) is 0.839. The molecule has 110 valence electrons. The Balaban J connectivity index is 2.09. The Bertz CT molecular complexity index is 455. The van der Waals surface area contributed by atoms with Crippen LogP contribution in [0.3, 0.4) is 0 Å². The molecular formula is C17H24O3. The molecule has 1 aromatic rings. The van der Waals surface area contributed by atoms with Crippen molar-refractivity contribution < 1.29 is 14.6 Å². The summed E-state index contributed by atoms with van der Waals surface area (Å²) in [6.45, 7) is 7.28. The zero-order valence-electron chi connectivity index (χ0n) is 12.5. The molecule has 1 fully saturated rings. The van der Waals surface area contributed by atoms with Gasteiger partial charge in [0.15, 0.2) is 6.29 Å². The molecule has 1 saturated heterocycles. The van der Waals surface area contributed by atoms with Crippen LogP contribution in [0.2, 0.25) is 0 Å². The van der Waals surface area contributed by atoms with Gasteiger partial charge in [0.05, 0.1) is 13.2 Å². The predicted molar refractivity (Wildman–Crippen MR) is 79.1 cm³/mol. The number of aliphatic hydroxyl groups is 1. The van der Waals surface area contributed by atoms with Crippen LogP contribution in [0.25, 0.3) is 0 Å². The van der Waals surface area contributed by atoms with Crippen molar-refractivity contribution in [3.63, 3.8) is 0 Å². The third-order valence-corrected chi connectivity index (χ3v) is 4.12. The van der Waals surface area contributed by atoms with E-state index in [1.54, 1.807) is 0 Å². The lowest BCUT2D eigenvalue weighted by molar-refractivity contribution is -0.137. The lowest BCUT2D eigenvalue weighted by Crippen LogP contribution is -2.38. The summed E-state index contributed by atoms with van der Waals surface area (Å²) in [4.78, 5) is 0. The van der Waals surface area contributed by atoms with Gasteiger partial charge < -0.3 is 14.6 Å². The first-order valence-electron chi connectivity index (χ1n) is 7.20. The van der Waals surface area contributed by atoms with Crippen LogP contribution >= 0.6 is 0 Å². The maximum absolute atomic E-state index is 10.0. The van der Waals surface area contributed by atoms with E-state index >= 15 is 0 Å². The third-order valence-electron chi connectivity index (χ3n) is 4.12. The van der Waals surface area contributed by atoms with E-state index in [-0.39, 0.29) is 11.5 Å². The Kier molecular flexibility index (Phi) is 4.97. The van der Waals surface area contributed by atoms with Gasteiger partial charge in [-0.25, -0.2) is 0 Å². The van der Waals surface area contributed by atoms with Crippen LogP contribution in [0.5, 0.6) is 0 Å². The fraction of sp³-hybridized carbons (Fsp3) is 0.529. The molecule has 1 aliphatic heterocycles. The van der Waals surface area contributed by atoms with E-state index in [0.717, 1.165) is 12.0 Å². The number of ether oxygens (including phenoxy) is 2. The van der Waals surface area contributed by atoms with Crippen LogP contribution in [-0.2, 0) is 16.1 Å². The Hall–Kier alpha value is -1.16. The first kappa shape index (κ1) is 15.2. The Morgan fingerprint density at radius 3 is 2.80 bits per heavy atom. The summed E-state index contributed by atoms with van der Waals surface area (Å²) in [6, 6.07) is 10.0. The predicted octanol–water partition coefficient (Wildman–Crippen LogP) is 3.28. The van der Waals surface area contributed by atoms with Crippen molar-refractivity contribution in [2.45, 2.75) is 46.2 Å². The smallest absolute Gasteiger partial charge is 0.182 e. The summed E-state index contributed by atoms with van der Waals surface area (Å²) in [5, 5.41) is 10.0. The average Bonchev–Trinajstić information content (AvgIpc) is 2.75. The summed E-state index contributed by atoms with van der Waals surface area (Å²) in [5.41, 5.74) is 2.06. The van der Waals surface area contributed by atoms with E-state index < -0.39 is 6.29 Å². The zero-order chi connectivity index (χ0) is 14.6. The van der Waals surface area contributed by atoms with Crippen LogP contribution in [-0.4, -0.2) is 24.1 Å². The molecule has 0 aromatic heterocycles.